The van der Waals surface area contributed by atoms with Crippen LogP contribution in [0.25, 0.3) is 0 Å². The Morgan fingerprint density at radius 2 is 2.20 bits per heavy atom. The van der Waals surface area contributed by atoms with Gasteiger partial charge in [0.15, 0.2) is 0 Å². The maximum absolute atomic E-state index is 10.3. The van der Waals surface area contributed by atoms with Crippen LogP contribution in [-0.2, 0) is 10.1 Å². The van der Waals surface area contributed by atoms with Crippen molar-refractivity contribution in [1.29, 1.82) is 0 Å². The van der Waals surface area contributed by atoms with Gasteiger partial charge in [-0.2, -0.15) is 19.8 Å². The van der Waals surface area contributed by atoms with Gasteiger partial charge in [-0.05, 0) is 11.4 Å². The summed E-state index contributed by atoms with van der Waals surface area (Å²) in [5.41, 5.74) is 0. The third kappa shape index (κ3) is 2.69. The molecule has 3 nitrogen and oxygen atoms in total. The molecule has 0 saturated heterocycles. The van der Waals surface area contributed by atoms with Gasteiger partial charge in [-0.3, -0.25) is 4.55 Å². The Balaban J connectivity index is 0. The molecule has 0 amide bonds. The summed E-state index contributed by atoms with van der Waals surface area (Å²) in [5.74, 6) is 0. The predicted molar refractivity (Wildman–Crippen MR) is 35.2 cm³/mol. The minimum Gasteiger partial charge on any atom is -1.00 e. The first kappa shape index (κ1) is 10.6. The van der Waals surface area contributed by atoms with Crippen LogP contribution in [0.5, 0.6) is 0 Å². The maximum atomic E-state index is 10.3. The van der Waals surface area contributed by atoms with E-state index in [1.165, 1.54) is 22.8 Å². The molecule has 0 saturated carbocycles. The molecule has 1 rings (SSSR count). The van der Waals surface area contributed by atoms with Gasteiger partial charge in [-0.25, -0.2) is 0 Å². The summed E-state index contributed by atoms with van der Waals surface area (Å²) in [5, 5.41) is 2.96. The number of thiophene rings is 1. The van der Waals surface area contributed by atoms with Crippen LogP contribution in [-0.4, -0.2) is 13.0 Å². The molecule has 10 heavy (non-hydrogen) atoms. The van der Waals surface area contributed by atoms with Crippen molar-refractivity contribution < 1.29 is 44.0 Å². The van der Waals surface area contributed by atoms with E-state index in [2.05, 4.69) is 0 Å². The monoisotopic (exact) mass is 188 g/mol. The van der Waals surface area contributed by atoms with Gasteiger partial charge in [-0.1, -0.05) is 0 Å². The second-order valence-corrected chi connectivity index (χ2v) is 3.64. The predicted octanol–water partition coefficient (Wildman–Crippen LogP) is -1.89. The zero-order valence-corrected chi connectivity index (χ0v) is 8.95. The Kier molecular flexibility index (Phi) is 4.08. The summed E-state index contributed by atoms with van der Waals surface area (Å²) in [4.78, 5) is -0.0347. The Hall–Kier alpha value is 0.610. The van der Waals surface area contributed by atoms with E-state index >= 15 is 0 Å². The van der Waals surface area contributed by atoms with Gasteiger partial charge in [0, 0.05) is 5.38 Å². The van der Waals surface area contributed by atoms with E-state index in [1.54, 1.807) is 5.38 Å². The average molecular weight is 188 g/mol. The first-order valence-corrected chi connectivity index (χ1v) is 4.48. The quantitative estimate of drug-likeness (QED) is 0.414. The van der Waals surface area contributed by atoms with Crippen molar-refractivity contribution >= 4 is 21.5 Å². The molecule has 0 aliphatic rings. The smallest absolute Gasteiger partial charge is 1.00 e. The van der Waals surface area contributed by atoms with Gasteiger partial charge in [0.05, 0.1) is 0 Å². The Morgan fingerprint density at radius 1 is 1.60 bits per heavy atom. The molecule has 0 spiro atoms. The molecular weight excluding hydrogens is 183 g/mol. The Morgan fingerprint density at radius 3 is 2.40 bits per heavy atom. The Bertz CT molecular complexity index is 280. The van der Waals surface area contributed by atoms with E-state index in [0.29, 0.717) is 0 Å². The van der Waals surface area contributed by atoms with E-state index in [0.717, 1.165) is 0 Å². The van der Waals surface area contributed by atoms with Crippen LogP contribution >= 0.6 is 11.3 Å². The summed E-state index contributed by atoms with van der Waals surface area (Å²) in [6, 6.07) is 1.35. The van der Waals surface area contributed by atoms with Gasteiger partial charge in [-0.15, -0.1) is 0 Å². The zero-order valence-electron chi connectivity index (χ0n) is 6.31. The molecule has 0 radical (unpaired) electrons. The molecule has 0 unspecified atom stereocenters. The zero-order chi connectivity index (χ0) is 6.91. The first-order valence-electron chi connectivity index (χ1n) is 2.10. The molecule has 1 aromatic rings. The van der Waals surface area contributed by atoms with Gasteiger partial charge in [0.25, 0.3) is 10.1 Å². The minimum atomic E-state index is -3.95. The van der Waals surface area contributed by atoms with Crippen LogP contribution in [0.1, 0.15) is 1.43 Å². The van der Waals surface area contributed by atoms with Crippen LogP contribution in [0.3, 0.4) is 0 Å². The van der Waals surface area contributed by atoms with E-state index < -0.39 is 10.1 Å². The topological polar surface area (TPSA) is 54.4 Å². The molecule has 0 bridgehead atoms. The van der Waals surface area contributed by atoms with Crippen molar-refractivity contribution in [2.45, 2.75) is 4.90 Å². The summed E-state index contributed by atoms with van der Waals surface area (Å²) in [7, 11) is -3.95. The molecule has 0 aromatic carbocycles. The molecular formula is C4H5NaO3S2. The normalized spacial score (nSPS) is 10.5. The van der Waals surface area contributed by atoms with Gasteiger partial charge >= 0.3 is 29.6 Å². The van der Waals surface area contributed by atoms with Crippen LogP contribution in [0.2, 0.25) is 0 Å². The SMILES string of the molecule is O=S(=O)(O)c1ccsc1.[H-].[Na+]. The fourth-order valence-electron chi connectivity index (χ4n) is 0.399. The molecule has 0 aliphatic carbocycles. The van der Waals surface area contributed by atoms with Crippen LogP contribution < -0.4 is 29.6 Å². The van der Waals surface area contributed by atoms with Crippen molar-refractivity contribution in [3.63, 3.8) is 0 Å². The largest absolute Gasteiger partial charge is 1.00 e. The second-order valence-electron chi connectivity index (χ2n) is 1.43. The summed E-state index contributed by atoms with van der Waals surface area (Å²) in [6.07, 6.45) is 0. The summed E-state index contributed by atoms with van der Waals surface area (Å²) in [6.45, 7) is 0. The van der Waals surface area contributed by atoms with E-state index in [1.807, 2.05) is 0 Å². The number of rotatable bonds is 1. The van der Waals surface area contributed by atoms with Gasteiger partial charge in [0.2, 0.25) is 0 Å². The third-order valence-corrected chi connectivity index (χ3v) is 2.48. The molecule has 1 heterocycles. The third-order valence-electron chi connectivity index (χ3n) is 0.793. The number of hydrogen-bond acceptors (Lipinski definition) is 3. The first-order chi connectivity index (χ1) is 4.11. The van der Waals surface area contributed by atoms with E-state index in [9.17, 15) is 8.42 Å². The van der Waals surface area contributed by atoms with Gasteiger partial charge < -0.3 is 1.43 Å². The molecule has 6 heteroatoms. The summed E-state index contributed by atoms with van der Waals surface area (Å²) < 4.78 is 28.9. The summed E-state index contributed by atoms with van der Waals surface area (Å²) >= 11 is 1.23. The van der Waals surface area contributed by atoms with Crippen LogP contribution in [0.4, 0.5) is 0 Å². The standard InChI is InChI=1S/C4H4O3S2.Na.H/c5-9(6,7)4-1-2-8-3-4;;/h1-3H,(H,5,6,7);;/q;+1;-1. The van der Waals surface area contributed by atoms with Gasteiger partial charge in [0.1, 0.15) is 4.90 Å². The number of hydrogen-bond donors (Lipinski definition) is 1. The van der Waals surface area contributed by atoms with Crippen molar-refractivity contribution in [1.82, 2.24) is 0 Å². The van der Waals surface area contributed by atoms with Crippen molar-refractivity contribution in [2.75, 3.05) is 0 Å². The maximum Gasteiger partial charge on any atom is 1.00 e. The minimum absolute atomic E-state index is 0. The van der Waals surface area contributed by atoms with Crippen LogP contribution in [0.15, 0.2) is 21.7 Å². The molecule has 1 aromatic heterocycles. The van der Waals surface area contributed by atoms with E-state index in [-0.39, 0.29) is 35.9 Å². The van der Waals surface area contributed by atoms with E-state index in [4.69, 9.17) is 4.55 Å². The molecule has 52 valence electrons. The molecule has 0 aliphatic heterocycles. The van der Waals surface area contributed by atoms with Crippen molar-refractivity contribution in [2.24, 2.45) is 0 Å². The molecule has 1 N–H and O–H groups in total. The Labute approximate surface area is 86.6 Å². The molecule has 0 fully saturated rings. The second kappa shape index (κ2) is 3.85. The average Bonchev–Trinajstić information content (AvgIpc) is 2.08. The fraction of sp³-hybridized carbons (Fsp3) is 0. The van der Waals surface area contributed by atoms with Crippen molar-refractivity contribution in [3.05, 3.63) is 16.8 Å². The van der Waals surface area contributed by atoms with Crippen molar-refractivity contribution in [3.8, 4) is 0 Å². The molecule has 0 atom stereocenters. The van der Waals surface area contributed by atoms with Crippen LogP contribution in [0, 0.1) is 0 Å². The fourth-order valence-corrected chi connectivity index (χ4v) is 1.89.